The van der Waals surface area contributed by atoms with Gasteiger partial charge in [-0.3, -0.25) is 9.59 Å². The topological polar surface area (TPSA) is 80.1 Å². The summed E-state index contributed by atoms with van der Waals surface area (Å²) in [6, 6.07) is 5.47. The number of nitrogens with zero attached hydrogens (tertiary/aromatic N) is 4. The second-order valence-electron chi connectivity index (χ2n) is 5.45. The van der Waals surface area contributed by atoms with E-state index in [1.165, 1.54) is 6.92 Å². The maximum atomic E-state index is 12.3. The van der Waals surface area contributed by atoms with E-state index in [4.69, 9.17) is 0 Å². The lowest BCUT2D eigenvalue weighted by Gasteiger charge is -2.17. The van der Waals surface area contributed by atoms with Gasteiger partial charge in [-0.15, -0.1) is 0 Å². The molecule has 0 radical (unpaired) electrons. The van der Waals surface area contributed by atoms with Crippen LogP contribution in [0.15, 0.2) is 24.4 Å². The summed E-state index contributed by atoms with van der Waals surface area (Å²) in [5, 5.41) is 7.03. The summed E-state index contributed by atoms with van der Waals surface area (Å²) in [6.45, 7) is 6.19. The zero-order chi connectivity index (χ0) is 17.0. The average Bonchev–Trinajstić information content (AvgIpc) is 2.85. The van der Waals surface area contributed by atoms with Gasteiger partial charge in [-0.1, -0.05) is 0 Å². The van der Waals surface area contributed by atoms with Crippen LogP contribution in [-0.2, 0) is 4.79 Å². The normalized spacial score (nSPS) is 10.4. The van der Waals surface area contributed by atoms with E-state index in [-0.39, 0.29) is 11.8 Å². The van der Waals surface area contributed by atoms with E-state index in [0.717, 1.165) is 11.4 Å². The minimum absolute atomic E-state index is 0.109. The largest absolute Gasteiger partial charge is 0.355 e. The quantitative estimate of drug-likeness (QED) is 0.896. The van der Waals surface area contributed by atoms with Crippen molar-refractivity contribution in [2.45, 2.75) is 20.8 Å². The summed E-state index contributed by atoms with van der Waals surface area (Å²) >= 11 is 0. The van der Waals surface area contributed by atoms with Gasteiger partial charge in [0.1, 0.15) is 0 Å². The summed E-state index contributed by atoms with van der Waals surface area (Å²) in [5.41, 5.74) is 2.41. The lowest BCUT2D eigenvalue weighted by atomic mass is 10.2. The number of pyridine rings is 1. The number of aryl methyl sites for hydroxylation is 2. The molecule has 2 aromatic heterocycles. The Morgan fingerprint density at radius 3 is 2.57 bits per heavy atom. The number of likely N-dealkylation sites (N-methyl/N-ethyl adjacent to an activating group) is 1. The highest BCUT2D eigenvalue weighted by Crippen LogP contribution is 2.11. The molecule has 0 aliphatic carbocycles. The Morgan fingerprint density at radius 2 is 2.04 bits per heavy atom. The lowest BCUT2D eigenvalue weighted by Crippen LogP contribution is -2.35. The molecule has 122 valence electrons. The molecule has 0 aliphatic heterocycles. The van der Waals surface area contributed by atoms with Crippen LogP contribution in [0.25, 0.3) is 5.82 Å². The van der Waals surface area contributed by atoms with Gasteiger partial charge in [-0.2, -0.15) is 5.10 Å². The highest BCUT2D eigenvalue weighted by Gasteiger charge is 2.13. The molecule has 0 bridgehead atoms. The molecule has 7 heteroatoms. The van der Waals surface area contributed by atoms with E-state index in [1.807, 2.05) is 19.9 Å². The van der Waals surface area contributed by atoms with E-state index in [9.17, 15) is 9.59 Å². The molecule has 0 saturated carbocycles. The number of hydrogen-bond acceptors (Lipinski definition) is 4. The van der Waals surface area contributed by atoms with Crippen molar-refractivity contribution in [3.8, 4) is 5.82 Å². The minimum Gasteiger partial charge on any atom is -0.355 e. The maximum absolute atomic E-state index is 12.3. The third kappa shape index (κ3) is 4.15. The number of carbonyl (C=O) groups is 2. The summed E-state index contributed by atoms with van der Waals surface area (Å²) in [7, 11) is 1.69. The van der Waals surface area contributed by atoms with Gasteiger partial charge in [0.05, 0.1) is 11.3 Å². The van der Waals surface area contributed by atoms with Crippen molar-refractivity contribution in [1.82, 2.24) is 25.0 Å². The lowest BCUT2D eigenvalue weighted by molar-refractivity contribution is -0.118. The molecule has 0 spiro atoms. The molecule has 2 rings (SSSR count). The molecule has 0 aliphatic rings. The van der Waals surface area contributed by atoms with Crippen LogP contribution in [0, 0.1) is 13.8 Å². The molecule has 0 unspecified atom stereocenters. The van der Waals surface area contributed by atoms with Crippen LogP contribution in [0.4, 0.5) is 0 Å². The fourth-order valence-corrected chi connectivity index (χ4v) is 2.22. The van der Waals surface area contributed by atoms with Crippen molar-refractivity contribution < 1.29 is 9.59 Å². The molecule has 1 N–H and O–H groups in total. The van der Waals surface area contributed by atoms with Gasteiger partial charge in [0.15, 0.2) is 5.82 Å². The molecule has 2 heterocycles. The monoisotopic (exact) mass is 315 g/mol. The Hall–Kier alpha value is -2.70. The number of amides is 2. The van der Waals surface area contributed by atoms with Crippen molar-refractivity contribution in [3.05, 3.63) is 41.3 Å². The SMILES string of the molecule is CC(=O)NCCN(C)C(=O)c1ccc(-n2nc(C)cc2C)nc1. The van der Waals surface area contributed by atoms with Crippen molar-refractivity contribution in [1.29, 1.82) is 0 Å². The van der Waals surface area contributed by atoms with Gasteiger partial charge in [0.25, 0.3) is 5.91 Å². The van der Waals surface area contributed by atoms with Gasteiger partial charge in [-0.05, 0) is 32.0 Å². The van der Waals surface area contributed by atoms with Crippen molar-refractivity contribution >= 4 is 11.8 Å². The van der Waals surface area contributed by atoms with Gasteiger partial charge in [-0.25, -0.2) is 9.67 Å². The molecular weight excluding hydrogens is 294 g/mol. The summed E-state index contributed by atoms with van der Waals surface area (Å²) in [4.78, 5) is 29.0. The molecule has 23 heavy (non-hydrogen) atoms. The summed E-state index contributed by atoms with van der Waals surface area (Å²) < 4.78 is 1.74. The third-order valence-electron chi connectivity index (χ3n) is 3.39. The first kappa shape index (κ1) is 16.7. The Bertz CT molecular complexity index is 706. The fraction of sp³-hybridized carbons (Fsp3) is 0.375. The van der Waals surface area contributed by atoms with Crippen LogP contribution in [0.2, 0.25) is 0 Å². The van der Waals surface area contributed by atoms with E-state index >= 15 is 0 Å². The van der Waals surface area contributed by atoms with E-state index < -0.39 is 0 Å². The average molecular weight is 315 g/mol. The number of nitrogens with one attached hydrogen (secondary N) is 1. The van der Waals surface area contributed by atoms with Crippen LogP contribution in [0.3, 0.4) is 0 Å². The number of rotatable bonds is 5. The zero-order valence-electron chi connectivity index (χ0n) is 13.8. The standard InChI is InChI=1S/C16H21N5O2/c1-11-9-12(2)21(19-11)15-6-5-14(10-18-15)16(23)20(4)8-7-17-13(3)22/h5-6,9-10H,7-8H2,1-4H3,(H,17,22). The Labute approximate surface area is 135 Å². The summed E-state index contributed by atoms with van der Waals surface area (Å²) in [5.74, 6) is 0.428. The van der Waals surface area contributed by atoms with Gasteiger partial charge in [0, 0.05) is 39.0 Å². The smallest absolute Gasteiger partial charge is 0.255 e. The molecule has 7 nitrogen and oxygen atoms in total. The molecule has 0 aromatic carbocycles. The van der Waals surface area contributed by atoms with Crippen LogP contribution in [-0.4, -0.2) is 51.6 Å². The van der Waals surface area contributed by atoms with Crippen LogP contribution in [0.1, 0.15) is 28.7 Å². The number of aromatic nitrogens is 3. The van der Waals surface area contributed by atoms with Gasteiger partial charge >= 0.3 is 0 Å². The first-order chi connectivity index (χ1) is 10.9. The molecule has 0 saturated heterocycles. The van der Waals surface area contributed by atoms with Crippen molar-refractivity contribution in [2.24, 2.45) is 0 Å². The molecule has 0 fully saturated rings. The van der Waals surface area contributed by atoms with Crippen LogP contribution < -0.4 is 5.32 Å². The Morgan fingerprint density at radius 1 is 1.30 bits per heavy atom. The maximum Gasteiger partial charge on any atom is 0.255 e. The Kier molecular flexibility index (Phi) is 5.10. The highest BCUT2D eigenvalue weighted by atomic mass is 16.2. The first-order valence-corrected chi connectivity index (χ1v) is 7.38. The minimum atomic E-state index is -0.136. The predicted octanol–water partition coefficient (Wildman–Crippen LogP) is 1.09. The second-order valence-corrected chi connectivity index (χ2v) is 5.45. The molecule has 2 aromatic rings. The second kappa shape index (κ2) is 7.04. The van der Waals surface area contributed by atoms with Crippen molar-refractivity contribution in [3.63, 3.8) is 0 Å². The van der Waals surface area contributed by atoms with E-state index in [1.54, 1.807) is 35.0 Å². The third-order valence-corrected chi connectivity index (χ3v) is 3.39. The van der Waals surface area contributed by atoms with Crippen LogP contribution in [0.5, 0.6) is 0 Å². The number of hydrogen-bond donors (Lipinski definition) is 1. The van der Waals surface area contributed by atoms with Crippen molar-refractivity contribution in [2.75, 3.05) is 20.1 Å². The van der Waals surface area contributed by atoms with E-state index in [2.05, 4.69) is 15.4 Å². The first-order valence-electron chi connectivity index (χ1n) is 7.38. The van der Waals surface area contributed by atoms with Gasteiger partial charge < -0.3 is 10.2 Å². The van der Waals surface area contributed by atoms with Gasteiger partial charge in [0.2, 0.25) is 5.91 Å². The zero-order valence-corrected chi connectivity index (χ0v) is 13.8. The predicted molar refractivity (Wildman–Crippen MR) is 86.5 cm³/mol. The van der Waals surface area contributed by atoms with E-state index in [0.29, 0.717) is 24.5 Å². The number of carbonyl (C=O) groups excluding carboxylic acids is 2. The fourth-order valence-electron chi connectivity index (χ4n) is 2.22. The summed E-state index contributed by atoms with van der Waals surface area (Å²) in [6.07, 6.45) is 1.54. The van der Waals surface area contributed by atoms with Crippen LogP contribution >= 0.6 is 0 Å². The molecule has 0 atom stereocenters. The molecular formula is C16H21N5O2. The Balaban J connectivity index is 2.05. The highest BCUT2D eigenvalue weighted by molar-refractivity contribution is 5.93. The molecule has 2 amide bonds.